The average Bonchev–Trinajstić information content (AvgIpc) is 3.37. The highest BCUT2D eigenvalue weighted by Crippen LogP contribution is 2.53. The fourth-order valence-electron chi connectivity index (χ4n) is 2.21. The zero-order valence-electron chi connectivity index (χ0n) is 12.7. The van der Waals surface area contributed by atoms with Crippen molar-refractivity contribution < 1.29 is 9.63 Å². The van der Waals surface area contributed by atoms with E-state index in [0.29, 0.717) is 11.3 Å². The van der Waals surface area contributed by atoms with E-state index < -0.39 is 5.97 Å². The van der Waals surface area contributed by atoms with Gasteiger partial charge in [-0.2, -0.15) is 0 Å². The molecule has 0 aromatic heterocycles. The molecule has 7 heteroatoms. The second kappa shape index (κ2) is 7.78. The number of hydrogen-bond acceptors (Lipinski definition) is 7. The largest absolute Gasteiger partial charge is 0.368 e. The lowest BCUT2D eigenvalue weighted by Crippen LogP contribution is -2.06. The van der Waals surface area contributed by atoms with E-state index in [4.69, 9.17) is 4.84 Å². The highest BCUT2D eigenvalue weighted by Gasteiger charge is 2.26. The maximum Gasteiger partial charge on any atom is 0.368 e. The number of hydrogen-bond donors (Lipinski definition) is 0. The third-order valence-corrected chi connectivity index (χ3v) is 8.33. The monoisotopic (exact) mass is 401 g/mol. The summed E-state index contributed by atoms with van der Waals surface area (Å²) in [6, 6.07) is 9.57. The molecular weight excluding hydrogens is 390 g/mol. The molecule has 3 aliphatic heterocycles. The smallest absolute Gasteiger partial charge is 0.312 e. The molecule has 124 valence electrons. The molecule has 1 aromatic rings. The van der Waals surface area contributed by atoms with Gasteiger partial charge in [-0.25, -0.2) is 4.79 Å². The minimum atomic E-state index is -0.418. The molecule has 3 heterocycles. The number of rotatable bonds is 3. The van der Waals surface area contributed by atoms with Crippen molar-refractivity contribution in [1.29, 1.82) is 0 Å². The van der Waals surface area contributed by atoms with Crippen molar-refractivity contribution in [3.8, 4) is 0 Å². The molecule has 0 atom stereocenters. The number of carbonyl (C=O) groups excluding carboxylic acids is 1. The molecule has 0 fully saturated rings. The minimum Gasteiger partial charge on any atom is -0.312 e. The molecule has 0 N–H and O–H groups in total. The van der Waals surface area contributed by atoms with Crippen molar-refractivity contribution in [2.24, 2.45) is 5.16 Å². The number of benzene rings is 1. The van der Waals surface area contributed by atoms with Crippen molar-refractivity contribution in [2.45, 2.75) is 0 Å². The number of oxime groups is 1. The Hall–Kier alpha value is -1.54. The quantitative estimate of drug-likeness (QED) is 0.469. The van der Waals surface area contributed by atoms with Gasteiger partial charge in [0.05, 0.1) is 14.0 Å². The predicted molar refractivity (Wildman–Crippen MR) is 111 cm³/mol. The number of nitrogens with zero attached hydrogens (tertiary/aromatic N) is 1. The first-order valence-electron chi connectivity index (χ1n) is 7.32. The van der Waals surface area contributed by atoms with Gasteiger partial charge in [0.15, 0.2) is 0 Å². The number of carbonyl (C=O) groups is 1. The van der Waals surface area contributed by atoms with Gasteiger partial charge in [0.1, 0.15) is 5.71 Å². The highest BCUT2D eigenvalue weighted by atomic mass is 32.2. The fraction of sp³-hybridized carbons (Fsp3) is 0. The lowest BCUT2D eigenvalue weighted by atomic mass is 10.0. The van der Waals surface area contributed by atoms with Crippen LogP contribution in [0.15, 0.2) is 88.9 Å². The molecule has 0 saturated carbocycles. The molecule has 25 heavy (non-hydrogen) atoms. The molecule has 0 aliphatic carbocycles. The second-order valence-corrected chi connectivity index (χ2v) is 9.26. The topological polar surface area (TPSA) is 38.7 Å². The van der Waals surface area contributed by atoms with E-state index in [2.05, 4.69) is 21.4 Å². The van der Waals surface area contributed by atoms with Crippen LogP contribution in [0.3, 0.4) is 0 Å². The van der Waals surface area contributed by atoms with Crippen LogP contribution in [0.1, 0.15) is 5.56 Å². The second-order valence-electron chi connectivity index (χ2n) is 4.95. The average molecular weight is 402 g/mol. The molecule has 4 rings (SSSR count). The first kappa shape index (κ1) is 16.9. The Kier molecular flexibility index (Phi) is 5.26. The summed E-state index contributed by atoms with van der Waals surface area (Å²) in [6.07, 6.45) is 5.64. The van der Waals surface area contributed by atoms with Crippen molar-refractivity contribution in [3.05, 3.63) is 89.3 Å². The van der Waals surface area contributed by atoms with Crippen LogP contribution >= 0.6 is 47.0 Å². The molecule has 1 aromatic carbocycles. The van der Waals surface area contributed by atoms with E-state index >= 15 is 0 Å². The summed E-state index contributed by atoms with van der Waals surface area (Å²) in [5.41, 5.74) is 1.92. The van der Waals surface area contributed by atoms with Gasteiger partial charge in [-0.15, -0.1) is 0 Å². The van der Waals surface area contributed by atoms with Crippen LogP contribution in [0.25, 0.3) is 0 Å². The van der Waals surface area contributed by atoms with Gasteiger partial charge in [-0.3, -0.25) is 0 Å². The van der Waals surface area contributed by atoms with Gasteiger partial charge in [-0.1, -0.05) is 88.6 Å². The van der Waals surface area contributed by atoms with E-state index in [9.17, 15) is 4.79 Å². The van der Waals surface area contributed by atoms with Crippen molar-refractivity contribution in [1.82, 2.24) is 0 Å². The summed E-state index contributed by atoms with van der Waals surface area (Å²) in [4.78, 5) is 17.9. The van der Waals surface area contributed by atoms with Gasteiger partial charge in [0.25, 0.3) is 0 Å². The third-order valence-electron chi connectivity index (χ3n) is 3.33. The van der Waals surface area contributed by atoms with Gasteiger partial charge < -0.3 is 4.84 Å². The molecule has 0 unspecified atom stereocenters. The zero-order valence-corrected chi connectivity index (χ0v) is 16.0. The van der Waals surface area contributed by atoms with Gasteiger partial charge in [0, 0.05) is 10.5 Å². The number of allylic oxidation sites excluding steroid dienone is 3. The maximum atomic E-state index is 11.9. The van der Waals surface area contributed by atoms with Crippen LogP contribution in [0, 0.1) is 0 Å². The van der Waals surface area contributed by atoms with Crippen molar-refractivity contribution in [2.75, 3.05) is 0 Å². The Labute approximate surface area is 162 Å². The Morgan fingerprint density at radius 3 is 2.60 bits per heavy atom. The first-order valence-corrected chi connectivity index (χ1v) is 10.8. The summed E-state index contributed by atoms with van der Waals surface area (Å²) in [5.74, 6) is -0.418. The van der Waals surface area contributed by atoms with Crippen LogP contribution in [-0.2, 0) is 9.63 Å². The highest BCUT2D eigenvalue weighted by molar-refractivity contribution is 8.33. The predicted octanol–water partition coefficient (Wildman–Crippen LogP) is 5.83. The SMILES string of the molecule is O=C1ON=C(c2ccccc2)/C1=C/C=C/C1=CSC(=C2SC=CS2)S1. The molecule has 3 nitrogen and oxygen atoms in total. The minimum absolute atomic E-state index is 0.418. The molecule has 3 aliphatic rings. The van der Waals surface area contributed by atoms with Gasteiger partial charge in [0.2, 0.25) is 0 Å². The molecule has 0 amide bonds. The Morgan fingerprint density at radius 2 is 1.80 bits per heavy atom. The van der Waals surface area contributed by atoms with Gasteiger partial charge in [-0.05, 0) is 28.4 Å². The Morgan fingerprint density at radius 1 is 1.00 bits per heavy atom. The van der Waals surface area contributed by atoms with E-state index in [0.717, 1.165) is 10.5 Å². The summed E-state index contributed by atoms with van der Waals surface area (Å²) < 4.78 is 2.63. The van der Waals surface area contributed by atoms with Crippen molar-refractivity contribution in [3.63, 3.8) is 0 Å². The fourth-order valence-corrected chi connectivity index (χ4v) is 6.57. The first-order chi connectivity index (χ1) is 12.3. The van der Waals surface area contributed by atoms with Gasteiger partial charge >= 0.3 is 5.97 Å². The van der Waals surface area contributed by atoms with Crippen LogP contribution in [0.2, 0.25) is 0 Å². The summed E-state index contributed by atoms with van der Waals surface area (Å²) in [6.45, 7) is 0. The standard InChI is InChI=1S/C18H11NO2S4/c20-16-14(15(19-21-16)12-5-2-1-3-6-12)8-4-7-13-11-24-18(25-13)17-22-9-10-23-17/h1-11H/b7-4+,14-8-. The summed E-state index contributed by atoms with van der Waals surface area (Å²) >= 11 is 7.00. The van der Waals surface area contributed by atoms with Crippen LogP contribution in [-0.4, -0.2) is 11.7 Å². The molecule has 0 bridgehead atoms. The van der Waals surface area contributed by atoms with Crippen LogP contribution in [0.5, 0.6) is 0 Å². The van der Waals surface area contributed by atoms with E-state index in [-0.39, 0.29) is 0 Å². The summed E-state index contributed by atoms with van der Waals surface area (Å²) in [5, 5.41) is 10.2. The third kappa shape index (κ3) is 3.84. The van der Waals surface area contributed by atoms with E-state index in [1.807, 2.05) is 42.5 Å². The normalized spacial score (nSPS) is 21.4. The lowest BCUT2D eigenvalue weighted by Gasteiger charge is -1.99. The Bertz CT molecular complexity index is 885. The number of thioether (sulfide) groups is 4. The lowest BCUT2D eigenvalue weighted by molar-refractivity contribution is -0.136. The van der Waals surface area contributed by atoms with Crippen molar-refractivity contribution >= 4 is 58.7 Å². The molecular formula is C18H11NO2S4. The van der Waals surface area contributed by atoms with E-state index in [1.54, 1.807) is 53.1 Å². The van der Waals surface area contributed by atoms with E-state index in [1.165, 1.54) is 8.47 Å². The van der Waals surface area contributed by atoms with Crippen LogP contribution in [0.4, 0.5) is 0 Å². The zero-order chi connectivity index (χ0) is 17.1. The maximum absolute atomic E-state index is 11.9. The molecule has 0 saturated heterocycles. The Balaban J connectivity index is 1.47. The van der Waals surface area contributed by atoms with Crippen LogP contribution < -0.4 is 0 Å². The molecule has 0 spiro atoms. The summed E-state index contributed by atoms with van der Waals surface area (Å²) in [7, 11) is 0. The molecule has 0 radical (unpaired) electrons.